The van der Waals surface area contributed by atoms with Crippen molar-refractivity contribution in [3.05, 3.63) is 35.4 Å². The van der Waals surface area contributed by atoms with Crippen molar-refractivity contribution in [3.8, 4) is 0 Å². The Morgan fingerprint density at radius 2 is 2.07 bits per heavy atom. The first kappa shape index (κ1) is 12.0. The summed E-state index contributed by atoms with van der Waals surface area (Å²) in [5.74, 6) is 0. The molecule has 1 aromatic rings. The summed E-state index contributed by atoms with van der Waals surface area (Å²) >= 11 is 5.15. The molecule has 2 nitrogen and oxygen atoms in total. The Balaban J connectivity index is 2.65. The van der Waals surface area contributed by atoms with Gasteiger partial charge in [-0.05, 0) is 44.1 Å². The van der Waals surface area contributed by atoms with E-state index in [2.05, 4.69) is 42.7 Å². The zero-order chi connectivity index (χ0) is 11.3. The largest absolute Gasteiger partial charge is 0.363 e. The van der Waals surface area contributed by atoms with Crippen LogP contribution in [0.5, 0.6) is 0 Å². The van der Waals surface area contributed by atoms with Crippen molar-refractivity contribution in [2.45, 2.75) is 26.8 Å². The fourth-order valence-electron chi connectivity index (χ4n) is 1.56. The van der Waals surface area contributed by atoms with E-state index in [4.69, 9.17) is 12.2 Å². The molecule has 0 bridgehead atoms. The first-order valence-corrected chi connectivity index (χ1v) is 5.66. The van der Waals surface area contributed by atoms with Gasteiger partial charge in [0.05, 0.1) is 6.04 Å². The lowest BCUT2D eigenvalue weighted by Gasteiger charge is -2.18. The molecule has 0 radical (unpaired) electrons. The molecule has 1 unspecified atom stereocenters. The Morgan fingerprint density at radius 3 is 2.67 bits per heavy atom. The Kier molecular flexibility index (Phi) is 4.56. The van der Waals surface area contributed by atoms with E-state index in [0.29, 0.717) is 5.11 Å². The Bertz CT molecular complexity index is 336. The highest BCUT2D eigenvalue weighted by Gasteiger charge is 2.07. The molecular weight excluding hydrogens is 204 g/mol. The number of nitrogens with one attached hydrogen (secondary N) is 2. The molecule has 0 fully saturated rings. The summed E-state index contributed by atoms with van der Waals surface area (Å²) < 4.78 is 0. The quantitative estimate of drug-likeness (QED) is 0.769. The summed E-state index contributed by atoms with van der Waals surface area (Å²) in [6.45, 7) is 7.12. The molecule has 0 aromatic heterocycles. The smallest absolute Gasteiger partial charge is 0.166 e. The minimum absolute atomic E-state index is 0.248. The first-order chi connectivity index (χ1) is 7.15. The average molecular weight is 222 g/mol. The van der Waals surface area contributed by atoms with Crippen LogP contribution in [0.15, 0.2) is 24.3 Å². The first-order valence-electron chi connectivity index (χ1n) is 5.25. The van der Waals surface area contributed by atoms with Gasteiger partial charge in [0.25, 0.3) is 0 Å². The van der Waals surface area contributed by atoms with Gasteiger partial charge in [-0.25, -0.2) is 0 Å². The van der Waals surface area contributed by atoms with E-state index in [-0.39, 0.29) is 6.04 Å². The number of thiocarbonyl (C=S) groups is 1. The number of rotatable bonds is 3. The highest BCUT2D eigenvalue weighted by molar-refractivity contribution is 7.80. The van der Waals surface area contributed by atoms with Crippen LogP contribution in [-0.4, -0.2) is 11.7 Å². The van der Waals surface area contributed by atoms with Crippen molar-refractivity contribution in [1.29, 1.82) is 0 Å². The second kappa shape index (κ2) is 5.71. The molecule has 3 heteroatoms. The van der Waals surface area contributed by atoms with Gasteiger partial charge in [-0.1, -0.05) is 24.3 Å². The molecule has 0 spiro atoms. The van der Waals surface area contributed by atoms with Crippen LogP contribution in [0, 0.1) is 6.92 Å². The standard InChI is InChI=1S/C12H18N2S/c1-4-13-12(15)14-10(3)11-8-6-5-7-9(11)2/h5-8,10H,4H2,1-3H3,(H2,13,14,15). The van der Waals surface area contributed by atoms with E-state index < -0.39 is 0 Å². The fraction of sp³-hybridized carbons (Fsp3) is 0.417. The topological polar surface area (TPSA) is 24.1 Å². The molecule has 0 aliphatic rings. The van der Waals surface area contributed by atoms with Gasteiger partial charge < -0.3 is 10.6 Å². The predicted molar refractivity (Wildman–Crippen MR) is 69.0 cm³/mol. The van der Waals surface area contributed by atoms with Gasteiger partial charge in [-0.15, -0.1) is 0 Å². The van der Waals surface area contributed by atoms with Gasteiger partial charge in [0, 0.05) is 6.54 Å². The molecule has 0 saturated heterocycles. The van der Waals surface area contributed by atoms with Crippen molar-refractivity contribution in [2.24, 2.45) is 0 Å². The summed E-state index contributed by atoms with van der Waals surface area (Å²) in [7, 11) is 0. The second-order valence-electron chi connectivity index (χ2n) is 3.58. The van der Waals surface area contributed by atoms with Crippen LogP contribution in [0.2, 0.25) is 0 Å². The van der Waals surface area contributed by atoms with Crippen molar-refractivity contribution >= 4 is 17.3 Å². The van der Waals surface area contributed by atoms with E-state index >= 15 is 0 Å². The maximum atomic E-state index is 5.15. The lowest BCUT2D eigenvalue weighted by molar-refractivity contribution is 0.698. The van der Waals surface area contributed by atoms with Crippen LogP contribution in [0.25, 0.3) is 0 Å². The highest BCUT2D eigenvalue weighted by Crippen LogP contribution is 2.16. The molecule has 0 heterocycles. The summed E-state index contributed by atoms with van der Waals surface area (Å²) in [4.78, 5) is 0. The van der Waals surface area contributed by atoms with Crippen molar-refractivity contribution < 1.29 is 0 Å². The number of hydrogen-bond acceptors (Lipinski definition) is 1. The number of aryl methyl sites for hydroxylation is 1. The molecule has 0 amide bonds. The monoisotopic (exact) mass is 222 g/mol. The van der Waals surface area contributed by atoms with Crippen LogP contribution >= 0.6 is 12.2 Å². The Hall–Kier alpha value is -1.09. The van der Waals surface area contributed by atoms with Crippen molar-refractivity contribution in [3.63, 3.8) is 0 Å². The molecule has 1 atom stereocenters. The average Bonchev–Trinajstić information content (AvgIpc) is 2.18. The molecule has 0 aliphatic carbocycles. The zero-order valence-electron chi connectivity index (χ0n) is 9.50. The van der Waals surface area contributed by atoms with Crippen molar-refractivity contribution in [2.75, 3.05) is 6.54 Å². The lowest BCUT2D eigenvalue weighted by atomic mass is 10.0. The number of benzene rings is 1. The molecule has 1 rings (SSSR count). The summed E-state index contributed by atoms with van der Waals surface area (Å²) in [5.41, 5.74) is 2.58. The van der Waals surface area contributed by atoms with Crippen LogP contribution in [-0.2, 0) is 0 Å². The van der Waals surface area contributed by atoms with E-state index in [9.17, 15) is 0 Å². The van der Waals surface area contributed by atoms with Crippen LogP contribution in [0.4, 0.5) is 0 Å². The van der Waals surface area contributed by atoms with Gasteiger partial charge >= 0.3 is 0 Å². The third-order valence-corrected chi connectivity index (χ3v) is 2.60. The van der Waals surface area contributed by atoms with Gasteiger partial charge in [-0.2, -0.15) is 0 Å². The fourth-order valence-corrected chi connectivity index (χ4v) is 1.88. The molecule has 1 aromatic carbocycles. The van der Waals surface area contributed by atoms with Gasteiger partial charge in [0.2, 0.25) is 0 Å². The molecular formula is C12H18N2S. The molecule has 2 N–H and O–H groups in total. The molecule has 15 heavy (non-hydrogen) atoms. The van der Waals surface area contributed by atoms with Crippen molar-refractivity contribution in [1.82, 2.24) is 10.6 Å². The summed E-state index contributed by atoms with van der Waals surface area (Å²) in [5, 5.41) is 7.06. The SMILES string of the molecule is CCNC(=S)NC(C)c1ccccc1C. The summed E-state index contributed by atoms with van der Waals surface area (Å²) in [6.07, 6.45) is 0. The van der Waals surface area contributed by atoms with E-state index in [0.717, 1.165) is 6.54 Å². The summed E-state index contributed by atoms with van der Waals surface area (Å²) in [6, 6.07) is 8.59. The Labute approximate surface area is 97.1 Å². The number of hydrogen-bond donors (Lipinski definition) is 2. The van der Waals surface area contributed by atoms with Gasteiger partial charge in [-0.3, -0.25) is 0 Å². The highest BCUT2D eigenvalue weighted by atomic mass is 32.1. The molecule has 82 valence electrons. The zero-order valence-corrected chi connectivity index (χ0v) is 10.3. The predicted octanol–water partition coefficient (Wildman–Crippen LogP) is 2.54. The van der Waals surface area contributed by atoms with E-state index in [1.165, 1.54) is 11.1 Å². The van der Waals surface area contributed by atoms with E-state index in [1.54, 1.807) is 0 Å². The lowest BCUT2D eigenvalue weighted by Crippen LogP contribution is -2.36. The Morgan fingerprint density at radius 1 is 1.40 bits per heavy atom. The normalized spacial score (nSPS) is 11.9. The maximum Gasteiger partial charge on any atom is 0.166 e. The minimum atomic E-state index is 0.248. The maximum absolute atomic E-state index is 5.15. The van der Waals surface area contributed by atoms with Gasteiger partial charge in [0.15, 0.2) is 5.11 Å². The third-order valence-electron chi connectivity index (χ3n) is 2.34. The van der Waals surface area contributed by atoms with Crippen LogP contribution in [0.1, 0.15) is 31.0 Å². The van der Waals surface area contributed by atoms with Crippen LogP contribution in [0.3, 0.4) is 0 Å². The van der Waals surface area contributed by atoms with Gasteiger partial charge in [0.1, 0.15) is 0 Å². The minimum Gasteiger partial charge on any atom is -0.363 e. The molecule has 0 aliphatic heterocycles. The second-order valence-corrected chi connectivity index (χ2v) is 3.99. The molecule has 0 saturated carbocycles. The third kappa shape index (κ3) is 3.51. The van der Waals surface area contributed by atoms with E-state index in [1.807, 2.05) is 13.0 Å². The van der Waals surface area contributed by atoms with Crippen LogP contribution < -0.4 is 10.6 Å².